The molecule has 0 atom stereocenters. The minimum absolute atomic E-state index is 0.0911. The molecule has 0 unspecified atom stereocenters. The fourth-order valence-corrected chi connectivity index (χ4v) is 5.11. The molecule has 29 heavy (non-hydrogen) atoms. The maximum atomic E-state index is 13.4. The zero-order valence-corrected chi connectivity index (χ0v) is 17.5. The van der Waals surface area contributed by atoms with E-state index in [0.717, 1.165) is 20.7 Å². The molecule has 0 saturated heterocycles. The van der Waals surface area contributed by atoms with Gasteiger partial charge >= 0.3 is 0 Å². The summed E-state index contributed by atoms with van der Waals surface area (Å²) >= 11 is 1.49. The van der Waals surface area contributed by atoms with Crippen LogP contribution in [0.1, 0.15) is 5.56 Å². The lowest BCUT2D eigenvalue weighted by Crippen LogP contribution is -2.06. The van der Waals surface area contributed by atoms with Crippen molar-refractivity contribution in [1.82, 2.24) is 0 Å². The van der Waals surface area contributed by atoms with E-state index in [2.05, 4.69) is 0 Å². The Bertz CT molecular complexity index is 1400. The molecular formula is C23H18O4S2. The third kappa shape index (κ3) is 3.57. The van der Waals surface area contributed by atoms with Gasteiger partial charge in [-0.05, 0) is 60.0 Å². The Balaban J connectivity index is 2.04. The molecule has 0 aliphatic rings. The number of phenols is 1. The summed E-state index contributed by atoms with van der Waals surface area (Å²) in [7, 11) is -3.30. The highest BCUT2D eigenvalue weighted by molar-refractivity contribution is 7.90. The quantitative estimate of drug-likeness (QED) is 0.504. The van der Waals surface area contributed by atoms with Gasteiger partial charge in [-0.3, -0.25) is 4.79 Å². The van der Waals surface area contributed by atoms with Crippen LogP contribution < -0.4 is 5.43 Å². The number of aryl methyl sites for hydroxylation is 1. The first kappa shape index (κ1) is 19.4. The fraction of sp³-hybridized carbons (Fsp3) is 0.0870. The fourth-order valence-electron chi connectivity index (χ4n) is 3.27. The Kier molecular flexibility index (Phi) is 4.76. The minimum Gasteiger partial charge on any atom is -0.508 e. The minimum atomic E-state index is -3.30. The van der Waals surface area contributed by atoms with E-state index in [1.54, 1.807) is 49.4 Å². The third-order valence-electron chi connectivity index (χ3n) is 4.83. The topological polar surface area (TPSA) is 71.4 Å². The number of phenolic OH excluding ortho intramolecular Hbond substituents is 1. The van der Waals surface area contributed by atoms with Gasteiger partial charge in [-0.2, -0.15) is 0 Å². The summed E-state index contributed by atoms with van der Waals surface area (Å²) in [6, 6.07) is 19.1. The van der Waals surface area contributed by atoms with Gasteiger partial charge in [0, 0.05) is 26.8 Å². The summed E-state index contributed by atoms with van der Waals surface area (Å²) in [6.45, 7) is 1.79. The Morgan fingerprint density at radius 3 is 2.21 bits per heavy atom. The second-order valence-electron chi connectivity index (χ2n) is 6.93. The van der Waals surface area contributed by atoms with Crippen LogP contribution in [0.25, 0.3) is 31.7 Å². The molecule has 4 rings (SSSR count). The van der Waals surface area contributed by atoms with E-state index in [0.29, 0.717) is 16.5 Å². The van der Waals surface area contributed by atoms with Gasteiger partial charge in [0.1, 0.15) is 5.75 Å². The second kappa shape index (κ2) is 7.13. The zero-order chi connectivity index (χ0) is 20.8. The highest BCUT2D eigenvalue weighted by Gasteiger charge is 2.17. The van der Waals surface area contributed by atoms with Crippen LogP contribution in [-0.2, 0) is 9.84 Å². The average Bonchev–Trinajstić information content (AvgIpc) is 2.70. The SMILES string of the molecule is Cc1cc(-c2c(-c3ccc(S(C)(=O)=O)cc3)sc3ccccc3c2=O)ccc1O. The third-order valence-corrected chi connectivity index (χ3v) is 7.18. The van der Waals surface area contributed by atoms with E-state index < -0.39 is 9.84 Å². The molecule has 1 N–H and O–H groups in total. The maximum absolute atomic E-state index is 13.4. The lowest BCUT2D eigenvalue weighted by atomic mass is 9.98. The predicted octanol–water partition coefficient (Wildman–Crippen LogP) is 5.01. The molecule has 0 fully saturated rings. The molecule has 0 amide bonds. The van der Waals surface area contributed by atoms with Crippen molar-refractivity contribution in [2.45, 2.75) is 11.8 Å². The molecule has 0 aliphatic heterocycles. The number of sulfone groups is 1. The van der Waals surface area contributed by atoms with Crippen molar-refractivity contribution in [3.63, 3.8) is 0 Å². The van der Waals surface area contributed by atoms with Gasteiger partial charge in [-0.15, -0.1) is 11.3 Å². The standard InChI is InChI=1S/C23H18O4S2/c1-14-13-16(9-12-19(14)24)21-22(25)18-5-3-4-6-20(18)28-23(21)15-7-10-17(11-8-15)29(2,26)27/h3-13,24H,1-2H3. The number of fused-ring (bicyclic) bond motifs is 1. The summed E-state index contributed by atoms with van der Waals surface area (Å²) in [4.78, 5) is 14.4. The highest BCUT2D eigenvalue weighted by atomic mass is 32.2. The van der Waals surface area contributed by atoms with Gasteiger partial charge in [0.2, 0.25) is 0 Å². The van der Waals surface area contributed by atoms with Gasteiger partial charge in [0.15, 0.2) is 15.3 Å². The number of hydrogen-bond donors (Lipinski definition) is 1. The normalized spacial score (nSPS) is 11.7. The van der Waals surface area contributed by atoms with Crippen LogP contribution in [0.5, 0.6) is 5.75 Å². The van der Waals surface area contributed by atoms with E-state index >= 15 is 0 Å². The maximum Gasteiger partial charge on any atom is 0.196 e. The van der Waals surface area contributed by atoms with Crippen LogP contribution in [0.2, 0.25) is 0 Å². The van der Waals surface area contributed by atoms with Crippen molar-refractivity contribution in [3.8, 4) is 27.3 Å². The van der Waals surface area contributed by atoms with Gasteiger partial charge < -0.3 is 5.11 Å². The van der Waals surface area contributed by atoms with Crippen molar-refractivity contribution in [1.29, 1.82) is 0 Å². The number of hydrogen-bond acceptors (Lipinski definition) is 5. The second-order valence-corrected chi connectivity index (χ2v) is 10.00. The lowest BCUT2D eigenvalue weighted by Gasteiger charge is -2.12. The molecule has 4 aromatic rings. The van der Waals surface area contributed by atoms with Crippen molar-refractivity contribution in [3.05, 3.63) is 82.5 Å². The number of benzene rings is 3. The monoisotopic (exact) mass is 422 g/mol. The van der Waals surface area contributed by atoms with Crippen LogP contribution in [0.15, 0.2) is 76.4 Å². The summed E-state index contributed by atoms with van der Waals surface area (Å²) in [5.74, 6) is 0.171. The molecule has 1 aromatic heterocycles. The predicted molar refractivity (Wildman–Crippen MR) is 118 cm³/mol. The molecule has 4 nitrogen and oxygen atoms in total. The van der Waals surface area contributed by atoms with Crippen LogP contribution in [0, 0.1) is 6.92 Å². The van der Waals surface area contributed by atoms with E-state index in [9.17, 15) is 18.3 Å². The summed E-state index contributed by atoms with van der Waals surface area (Å²) in [5, 5.41) is 10.5. The molecule has 1 heterocycles. The molecule has 0 spiro atoms. The molecular weight excluding hydrogens is 404 g/mol. The largest absolute Gasteiger partial charge is 0.508 e. The van der Waals surface area contributed by atoms with Gasteiger partial charge in [0.25, 0.3) is 0 Å². The van der Waals surface area contributed by atoms with Crippen molar-refractivity contribution in [2.24, 2.45) is 0 Å². The molecule has 0 saturated carbocycles. The van der Waals surface area contributed by atoms with Gasteiger partial charge in [-0.25, -0.2) is 8.42 Å². The molecule has 0 bridgehead atoms. The summed E-state index contributed by atoms with van der Waals surface area (Å²) in [6.07, 6.45) is 1.17. The van der Waals surface area contributed by atoms with Crippen LogP contribution >= 0.6 is 11.3 Å². The smallest absolute Gasteiger partial charge is 0.196 e. The zero-order valence-electron chi connectivity index (χ0n) is 15.8. The first-order valence-electron chi connectivity index (χ1n) is 8.92. The summed E-state index contributed by atoms with van der Waals surface area (Å²) < 4.78 is 24.5. The average molecular weight is 423 g/mol. The van der Waals surface area contributed by atoms with E-state index in [1.807, 2.05) is 24.3 Å². The van der Waals surface area contributed by atoms with Crippen LogP contribution in [0.4, 0.5) is 0 Å². The molecule has 6 heteroatoms. The number of aromatic hydroxyl groups is 1. The van der Waals surface area contributed by atoms with E-state index in [1.165, 1.54) is 17.6 Å². The van der Waals surface area contributed by atoms with Crippen LogP contribution in [-0.4, -0.2) is 19.8 Å². The first-order valence-corrected chi connectivity index (χ1v) is 11.6. The Morgan fingerprint density at radius 1 is 0.897 bits per heavy atom. The van der Waals surface area contributed by atoms with Crippen molar-refractivity contribution >= 4 is 31.3 Å². The van der Waals surface area contributed by atoms with Crippen molar-refractivity contribution in [2.75, 3.05) is 6.26 Å². The summed E-state index contributed by atoms with van der Waals surface area (Å²) in [5.41, 5.74) is 2.62. The molecule has 146 valence electrons. The van der Waals surface area contributed by atoms with E-state index in [4.69, 9.17) is 0 Å². The molecule has 0 radical (unpaired) electrons. The first-order chi connectivity index (χ1) is 13.8. The van der Waals surface area contributed by atoms with Crippen LogP contribution in [0.3, 0.4) is 0 Å². The Hall–Kier alpha value is -2.96. The molecule has 0 aliphatic carbocycles. The van der Waals surface area contributed by atoms with Gasteiger partial charge in [-0.1, -0.05) is 30.3 Å². The number of rotatable bonds is 3. The van der Waals surface area contributed by atoms with Crippen molar-refractivity contribution < 1.29 is 13.5 Å². The molecule has 3 aromatic carbocycles. The highest BCUT2D eigenvalue weighted by Crippen LogP contribution is 2.38. The Labute approximate surface area is 172 Å². The Morgan fingerprint density at radius 2 is 1.55 bits per heavy atom. The van der Waals surface area contributed by atoms with Gasteiger partial charge in [0.05, 0.1) is 4.90 Å². The lowest BCUT2D eigenvalue weighted by molar-refractivity contribution is 0.471. The van der Waals surface area contributed by atoms with E-state index in [-0.39, 0.29) is 16.1 Å².